The Morgan fingerprint density at radius 2 is 1.00 bits per heavy atom. The van der Waals surface area contributed by atoms with Crippen LogP contribution >= 0.6 is 0 Å². The molecule has 4 rings (SSSR count). The smallest absolute Gasteiger partial charge is 0.352 e. The summed E-state index contributed by atoms with van der Waals surface area (Å²) in [6.07, 6.45) is 6.48. The van der Waals surface area contributed by atoms with Gasteiger partial charge in [0.2, 0.25) is 0 Å². The average molecular weight is 492 g/mol. The fraction of sp³-hybridized carbons (Fsp3) is 0.167. The van der Waals surface area contributed by atoms with Crippen LogP contribution in [-0.4, -0.2) is 47.1 Å². The van der Waals surface area contributed by atoms with Gasteiger partial charge in [0.1, 0.15) is 22.8 Å². The van der Waals surface area contributed by atoms with Crippen LogP contribution in [-0.2, 0) is 28.2 Å². The Hall–Kier alpha value is -5.00. The van der Waals surface area contributed by atoms with Crippen LogP contribution in [0.25, 0.3) is 0 Å². The van der Waals surface area contributed by atoms with Crippen LogP contribution in [0, 0.1) is 0 Å². The normalized spacial score (nSPS) is 10.8. The molecule has 0 radical (unpaired) electrons. The van der Waals surface area contributed by atoms with Crippen molar-refractivity contribution in [3.63, 3.8) is 0 Å². The van der Waals surface area contributed by atoms with E-state index in [0.29, 0.717) is 28.5 Å². The van der Waals surface area contributed by atoms with Crippen molar-refractivity contribution in [1.82, 2.24) is 18.3 Å². The molecule has 0 atom stereocenters. The molecular formula is C24H25N7O5. The molecule has 4 aromatic heterocycles. The van der Waals surface area contributed by atoms with E-state index in [-0.39, 0.29) is 17.3 Å². The second kappa shape index (κ2) is 9.33. The number of rotatable bonds is 7. The lowest BCUT2D eigenvalue weighted by atomic mass is 10.3. The predicted octanol–water partition coefficient (Wildman–Crippen LogP) is 2.50. The monoisotopic (exact) mass is 491 g/mol. The Morgan fingerprint density at radius 1 is 0.611 bits per heavy atom. The predicted molar refractivity (Wildman–Crippen MR) is 132 cm³/mol. The van der Waals surface area contributed by atoms with E-state index in [9.17, 15) is 24.3 Å². The molecule has 3 amide bonds. The summed E-state index contributed by atoms with van der Waals surface area (Å²) >= 11 is 0. The van der Waals surface area contributed by atoms with Gasteiger partial charge in [0.15, 0.2) is 0 Å². The number of aromatic nitrogens is 4. The van der Waals surface area contributed by atoms with E-state index in [1.165, 1.54) is 22.9 Å². The molecule has 0 aromatic carbocycles. The molecule has 36 heavy (non-hydrogen) atoms. The molecule has 0 unspecified atom stereocenters. The molecule has 0 bridgehead atoms. The van der Waals surface area contributed by atoms with Crippen LogP contribution < -0.4 is 16.0 Å². The summed E-state index contributed by atoms with van der Waals surface area (Å²) in [5, 5.41) is 17.4. The Kier molecular flexibility index (Phi) is 6.26. The molecule has 4 heterocycles. The average Bonchev–Trinajstić information content (AvgIpc) is 3.55. The van der Waals surface area contributed by atoms with Crippen LogP contribution in [0.2, 0.25) is 0 Å². The van der Waals surface area contributed by atoms with Crippen LogP contribution in [0.5, 0.6) is 0 Å². The van der Waals surface area contributed by atoms with E-state index >= 15 is 0 Å². The van der Waals surface area contributed by atoms with Gasteiger partial charge in [-0.25, -0.2) is 4.79 Å². The number of aromatic carboxylic acids is 1. The molecule has 4 aromatic rings. The van der Waals surface area contributed by atoms with Crippen molar-refractivity contribution in [1.29, 1.82) is 0 Å². The second-order valence-corrected chi connectivity index (χ2v) is 8.35. The summed E-state index contributed by atoms with van der Waals surface area (Å²) in [4.78, 5) is 49.3. The van der Waals surface area contributed by atoms with Crippen molar-refractivity contribution < 1.29 is 24.3 Å². The first-order chi connectivity index (χ1) is 17.0. The maximum absolute atomic E-state index is 12.9. The molecule has 0 aliphatic carbocycles. The Labute approximate surface area is 205 Å². The largest absolute Gasteiger partial charge is 0.477 e. The number of nitrogens with one attached hydrogen (secondary N) is 3. The van der Waals surface area contributed by atoms with Gasteiger partial charge in [-0.05, 0) is 30.3 Å². The number of hydrogen-bond donors (Lipinski definition) is 4. The minimum absolute atomic E-state index is 0.0342. The lowest BCUT2D eigenvalue weighted by Crippen LogP contribution is -2.15. The van der Waals surface area contributed by atoms with E-state index in [0.717, 1.165) is 0 Å². The first-order valence-corrected chi connectivity index (χ1v) is 10.8. The Bertz CT molecular complexity index is 1500. The third-order valence-corrected chi connectivity index (χ3v) is 5.65. The fourth-order valence-corrected chi connectivity index (χ4v) is 3.85. The number of carbonyl (C=O) groups is 4. The van der Waals surface area contributed by atoms with Gasteiger partial charge in [-0.3, -0.25) is 14.4 Å². The standard InChI is InChI=1S/C24H25N7O5/c1-28-7-5-6-17(28)21(32)25-14-8-18(29(2)11-14)22(33)26-15-9-19(30(3)12-15)23(34)27-16-10-20(24(35)36)31(4)13-16/h5-13H,1-4H3,(H,25,32)(H,26,33)(H,27,34)(H,35,36). The van der Waals surface area contributed by atoms with Crippen LogP contribution in [0.3, 0.4) is 0 Å². The number of aryl methyl sites for hydroxylation is 4. The zero-order valence-electron chi connectivity index (χ0n) is 20.1. The fourth-order valence-electron chi connectivity index (χ4n) is 3.85. The molecule has 186 valence electrons. The van der Waals surface area contributed by atoms with Gasteiger partial charge in [-0.2, -0.15) is 0 Å². The molecule has 0 fully saturated rings. The van der Waals surface area contributed by atoms with E-state index in [1.807, 2.05) is 0 Å². The number of amides is 3. The second-order valence-electron chi connectivity index (χ2n) is 8.35. The molecular weight excluding hydrogens is 466 g/mol. The summed E-state index contributed by atoms with van der Waals surface area (Å²) in [5.74, 6) is -2.30. The molecule has 0 aliphatic rings. The van der Waals surface area contributed by atoms with Crippen molar-refractivity contribution in [2.75, 3.05) is 16.0 Å². The maximum atomic E-state index is 12.9. The molecule has 0 saturated heterocycles. The van der Waals surface area contributed by atoms with Gasteiger partial charge < -0.3 is 39.3 Å². The highest BCUT2D eigenvalue weighted by molar-refractivity contribution is 6.08. The van der Waals surface area contributed by atoms with Gasteiger partial charge in [0, 0.05) is 53.0 Å². The summed E-state index contributed by atoms with van der Waals surface area (Å²) in [6.45, 7) is 0. The summed E-state index contributed by atoms with van der Waals surface area (Å²) in [5.41, 5.74) is 2.26. The molecule has 0 saturated carbocycles. The first kappa shape index (κ1) is 24.1. The van der Waals surface area contributed by atoms with Gasteiger partial charge in [-0.15, -0.1) is 0 Å². The highest BCUT2D eigenvalue weighted by Gasteiger charge is 2.19. The summed E-state index contributed by atoms with van der Waals surface area (Å²) in [6, 6.07) is 7.88. The van der Waals surface area contributed by atoms with Gasteiger partial charge >= 0.3 is 5.97 Å². The number of carbonyl (C=O) groups excluding carboxylic acids is 3. The molecule has 12 heteroatoms. The van der Waals surface area contributed by atoms with Crippen LogP contribution in [0.15, 0.2) is 55.1 Å². The topological polar surface area (TPSA) is 144 Å². The van der Waals surface area contributed by atoms with E-state index in [4.69, 9.17) is 0 Å². The van der Waals surface area contributed by atoms with Crippen molar-refractivity contribution in [3.05, 3.63) is 77.9 Å². The Morgan fingerprint density at radius 3 is 1.36 bits per heavy atom. The molecule has 4 N–H and O–H groups in total. The molecule has 12 nitrogen and oxygen atoms in total. The SMILES string of the molecule is Cn1cc(NC(=O)c2cc(NC(=O)c3cc(NC(=O)c4cccn4C)cn3C)cn2C)cc1C(=O)O. The minimum Gasteiger partial charge on any atom is -0.477 e. The lowest BCUT2D eigenvalue weighted by molar-refractivity contribution is 0.0685. The highest BCUT2D eigenvalue weighted by Crippen LogP contribution is 2.20. The van der Waals surface area contributed by atoms with E-state index in [2.05, 4.69) is 16.0 Å². The lowest BCUT2D eigenvalue weighted by Gasteiger charge is -2.03. The third-order valence-electron chi connectivity index (χ3n) is 5.65. The highest BCUT2D eigenvalue weighted by atomic mass is 16.4. The molecule has 0 aliphatic heterocycles. The van der Waals surface area contributed by atoms with Crippen LogP contribution in [0.1, 0.15) is 42.0 Å². The van der Waals surface area contributed by atoms with Crippen molar-refractivity contribution in [3.8, 4) is 0 Å². The third kappa shape index (κ3) is 4.78. The number of hydrogen-bond acceptors (Lipinski definition) is 4. The van der Waals surface area contributed by atoms with E-state index in [1.54, 1.807) is 78.7 Å². The maximum Gasteiger partial charge on any atom is 0.352 e. The van der Waals surface area contributed by atoms with Gasteiger partial charge in [0.25, 0.3) is 17.7 Å². The number of carboxylic acid groups (broad SMARTS) is 1. The van der Waals surface area contributed by atoms with Crippen LogP contribution in [0.4, 0.5) is 17.1 Å². The van der Waals surface area contributed by atoms with Crippen molar-refractivity contribution in [2.24, 2.45) is 28.2 Å². The zero-order valence-corrected chi connectivity index (χ0v) is 20.1. The minimum atomic E-state index is -1.11. The Balaban J connectivity index is 1.44. The molecule has 0 spiro atoms. The van der Waals surface area contributed by atoms with Gasteiger partial charge in [0.05, 0.1) is 17.1 Å². The van der Waals surface area contributed by atoms with Gasteiger partial charge in [-0.1, -0.05) is 0 Å². The number of carboxylic acids is 1. The zero-order chi connectivity index (χ0) is 26.1. The van der Waals surface area contributed by atoms with Crippen molar-refractivity contribution >= 4 is 40.8 Å². The summed E-state index contributed by atoms with van der Waals surface area (Å²) < 4.78 is 6.22. The summed E-state index contributed by atoms with van der Waals surface area (Å²) in [7, 11) is 6.66. The number of nitrogens with zero attached hydrogens (tertiary/aromatic N) is 4. The quantitative estimate of drug-likeness (QED) is 0.314. The first-order valence-electron chi connectivity index (χ1n) is 10.8. The number of anilines is 3. The van der Waals surface area contributed by atoms with E-state index < -0.39 is 17.8 Å². The van der Waals surface area contributed by atoms with Crippen molar-refractivity contribution in [2.45, 2.75) is 0 Å².